The van der Waals surface area contributed by atoms with Crippen LogP contribution in [0.5, 0.6) is 5.75 Å². The summed E-state index contributed by atoms with van der Waals surface area (Å²) in [6.45, 7) is 2.81. The van der Waals surface area contributed by atoms with E-state index in [1.165, 1.54) is 24.0 Å². The number of ether oxygens (including phenoxy) is 1. The van der Waals surface area contributed by atoms with Gasteiger partial charge in [0.05, 0.1) is 0 Å². The third-order valence-corrected chi connectivity index (χ3v) is 5.61. The molecular formula is C19H22N2O2S. The van der Waals surface area contributed by atoms with Gasteiger partial charge in [-0.2, -0.15) is 11.3 Å². The average Bonchev–Trinajstić information content (AvgIpc) is 3.26. The number of anilines is 1. The molecule has 0 bridgehead atoms. The first-order valence-corrected chi connectivity index (χ1v) is 9.55. The molecule has 5 heteroatoms. The summed E-state index contributed by atoms with van der Waals surface area (Å²) in [6.07, 6.45) is 3.87. The summed E-state index contributed by atoms with van der Waals surface area (Å²) < 4.78 is 5.97. The van der Waals surface area contributed by atoms with Crippen molar-refractivity contribution in [2.75, 3.05) is 25.0 Å². The molecule has 0 saturated carbocycles. The molecule has 1 amide bonds. The average molecular weight is 342 g/mol. The number of carbonyl (C=O) groups excluding carboxylic acids is 1. The van der Waals surface area contributed by atoms with E-state index in [2.05, 4.69) is 33.1 Å². The number of nitrogens with one attached hydrogen (secondary N) is 1. The molecule has 1 unspecified atom stereocenters. The zero-order chi connectivity index (χ0) is 16.4. The maximum atomic E-state index is 11.4. The Kier molecular flexibility index (Phi) is 4.54. The topological polar surface area (TPSA) is 41.6 Å². The standard InChI is InChI=1S/C19H22N2O2S/c22-19-6-3-14-12-16(4-5-17(14)20-19)23-10-9-21-8-1-2-18(21)15-7-11-24-13-15/h4-5,7,11-13,18H,1-3,6,8-10H2,(H,20,22). The number of rotatable bonds is 5. The highest BCUT2D eigenvalue weighted by molar-refractivity contribution is 7.07. The Balaban J connectivity index is 1.33. The van der Waals surface area contributed by atoms with Crippen molar-refractivity contribution in [3.05, 3.63) is 46.2 Å². The summed E-state index contributed by atoms with van der Waals surface area (Å²) in [4.78, 5) is 13.9. The van der Waals surface area contributed by atoms with Gasteiger partial charge in [0.2, 0.25) is 5.91 Å². The molecule has 2 aliphatic rings. The number of nitrogens with zero attached hydrogens (tertiary/aromatic N) is 1. The molecule has 4 rings (SSSR count). The molecule has 2 aliphatic heterocycles. The zero-order valence-corrected chi connectivity index (χ0v) is 14.5. The quantitative estimate of drug-likeness (QED) is 0.897. The third kappa shape index (κ3) is 3.32. The van der Waals surface area contributed by atoms with Crippen molar-refractivity contribution in [3.63, 3.8) is 0 Å². The first-order chi connectivity index (χ1) is 11.8. The van der Waals surface area contributed by atoms with Crippen LogP contribution in [0.25, 0.3) is 0 Å². The van der Waals surface area contributed by atoms with Crippen molar-refractivity contribution in [3.8, 4) is 5.75 Å². The van der Waals surface area contributed by atoms with Crippen molar-refractivity contribution in [1.82, 2.24) is 4.90 Å². The fourth-order valence-electron chi connectivity index (χ4n) is 3.67. The number of hydrogen-bond acceptors (Lipinski definition) is 4. The second-order valence-electron chi connectivity index (χ2n) is 6.47. The van der Waals surface area contributed by atoms with Gasteiger partial charge < -0.3 is 10.1 Å². The van der Waals surface area contributed by atoms with Gasteiger partial charge in [0.25, 0.3) is 0 Å². The number of hydrogen-bond donors (Lipinski definition) is 1. The SMILES string of the molecule is O=C1CCc2cc(OCCN3CCCC3c3ccsc3)ccc2N1. The molecule has 1 atom stereocenters. The molecule has 1 N–H and O–H groups in total. The number of likely N-dealkylation sites (tertiary alicyclic amines) is 1. The second-order valence-corrected chi connectivity index (χ2v) is 7.25. The van der Waals surface area contributed by atoms with Crippen LogP contribution in [0.15, 0.2) is 35.0 Å². The van der Waals surface area contributed by atoms with Crippen LogP contribution in [-0.4, -0.2) is 30.5 Å². The van der Waals surface area contributed by atoms with E-state index < -0.39 is 0 Å². The highest BCUT2D eigenvalue weighted by Gasteiger charge is 2.25. The van der Waals surface area contributed by atoms with Crippen LogP contribution in [0.4, 0.5) is 5.69 Å². The number of aryl methyl sites for hydroxylation is 1. The summed E-state index contributed by atoms with van der Waals surface area (Å²) >= 11 is 1.77. The number of thiophene rings is 1. The van der Waals surface area contributed by atoms with Gasteiger partial charge in [0.15, 0.2) is 0 Å². The Bertz CT molecular complexity index is 714. The van der Waals surface area contributed by atoms with Gasteiger partial charge in [0.1, 0.15) is 12.4 Å². The number of carbonyl (C=O) groups is 1. The van der Waals surface area contributed by atoms with Crippen LogP contribution in [0.3, 0.4) is 0 Å². The maximum Gasteiger partial charge on any atom is 0.224 e. The van der Waals surface area contributed by atoms with Crippen molar-refractivity contribution < 1.29 is 9.53 Å². The molecule has 1 aromatic heterocycles. The van der Waals surface area contributed by atoms with E-state index in [1.54, 1.807) is 11.3 Å². The van der Waals surface area contributed by atoms with E-state index in [1.807, 2.05) is 12.1 Å². The minimum atomic E-state index is 0.102. The lowest BCUT2D eigenvalue weighted by atomic mass is 10.0. The van der Waals surface area contributed by atoms with E-state index in [9.17, 15) is 4.79 Å². The lowest BCUT2D eigenvalue weighted by Crippen LogP contribution is -2.28. The van der Waals surface area contributed by atoms with Crippen LogP contribution >= 0.6 is 11.3 Å². The van der Waals surface area contributed by atoms with E-state index in [4.69, 9.17) is 4.74 Å². The molecule has 126 valence electrons. The summed E-state index contributed by atoms with van der Waals surface area (Å²) in [5.41, 5.74) is 3.54. The van der Waals surface area contributed by atoms with Crippen LogP contribution in [0, 0.1) is 0 Å². The Hall–Kier alpha value is -1.85. The smallest absolute Gasteiger partial charge is 0.224 e. The van der Waals surface area contributed by atoms with E-state index in [-0.39, 0.29) is 5.91 Å². The largest absolute Gasteiger partial charge is 0.492 e. The Morgan fingerprint density at radius 2 is 2.25 bits per heavy atom. The number of benzene rings is 1. The normalized spacial score (nSPS) is 20.7. The molecule has 3 heterocycles. The van der Waals surface area contributed by atoms with Crippen molar-refractivity contribution >= 4 is 22.9 Å². The van der Waals surface area contributed by atoms with E-state index in [0.29, 0.717) is 19.1 Å². The molecule has 0 radical (unpaired) electrons. The van der Waals surface area contributed by atoms with Crippen LogP contribution < -0.4 is 10.1 Å². The van der Waals surface area contributed by atoms with E-state index >= 15 is 0 Å². The van der Waals surface area contributed by atoms with Crippen LogP contribution in [0.1, 0.15) is 36.4 Å². The molecule has 1 aromatic carbocycles. The van der Waals surface area contributed by atoms with Gasteiger partial charge >= 0.3 is 0 Å². The van der Waals surface area contributed by atoms with Crippen molar-refractivity contribution in [1.29, 1.82) is 0 Å². The van der Waals surface area contributed by atoms with Crippen LogP contribution in [0.2, 0.25) is 0 Å². The van der Waals surface area contributed by atoms with Crippen LogP contribution in [-0.2, 0) is 11.2 Å². The Labute approximate surface area is 146 Å². The fourth-order valence-corrected chi connectivity index (χ4v) is 4.37. The van der Waals surface area contributed by atoms with Crippen molar-refractivity contribution in [2.24, 2.45) is 0 Å². The molecule has 0 aliphatic carbocycles. The summed E-state index contributed by atoms with van der Waals surface area (Å²) in [5.74, 6) is 1.00. The second kappa shape index (κ2) is 6.95. The number of fused-ring (bicyclic) bond motifs is 1. The first-order valence-electron chi connectivity index (χ1n) is 8.61. The lowest BCUT2D eigenvalue weighted by Gasteiger charge is -2.24. The summed E-state index contributed by atoms with van der Waals surface area (Å²) in [6, 6.07) is 8.76. The maximum absolute atomic E-state index is 11.4. The van der Waals surface area contributed by atoms with Gasteiger partial charge in [0, 0.05) is 24.7 Å². The minimum Gasteiger partial charge on any atom is -0.492 e. The highest BCUT2D eigenvalue weighted by Crippen LogP contribution is 2.33. The Morgan fingerprint density at radius 3 is 3.12 bits per heavy atom. The van der Waals surface area contributed by atoms with Gasteiger partial charge in [-0.3, -0.25) is 9.69 Å². The van der Waals surface area contributed by atoms with Gasteiger partial charge in [-0.25, -0.2) is 0 Å². The predicted molar refractivity (Wildman–Crippen MR) is 96.8 cm³/mol. The summed E-state index contributed by atoms with van der Waals surface area (Å²) in [7, 11) is 0. The first kappa shape index (κ1) is 15.7. The number of amides is 1. The third-order valence-electron chi connectivity index (χ3n) is 4.91. The molecule has 1 fully saturated rings. The molecule has 2 aromatic rings. The molecule has 4 nitrogen and oxygen atoms in total. The monoisotopic (exact) mass is 342 g/mol. The molecule has 0 spiro atoms. The fraction of sp³-hybridized carbons (Fsp3) is 0.421. The Morgan fingerprint density at radius 1 is 1.29 bits per heavy atom. The summed E-state index contributed by atoms with van der Waals surface area (Å²) in [5, 5.41) is 7.33. The predicted octanol–water partition coefficient (Wildman–Crippen LogP) is 3.85. The lowest BCUT2D eigenvalue weighted by molar-refractivity contribution is -0.116. The van der Waals surface area contributed by atoms with E-state index in [0.717, 1.165) is 30.9 Å². The van der Waals surface area contributed by atoms with Gasteiger partial charge in [-0.05, 0) is 72.0 Å². The molecule has 1 saturated heterocycles. The van der Waals surface area contributed by atoms with Gasteiger partial charge in [-0.15, -0.1) is 0 Å². The highest BCUT2D eigenvalue weighted by atomic mass is 32.1. The zero-order valence-electron chi connectivity index (χ0n) is 13.7. The van der Waals surface area contributed by atoms with Gasteiger partial charge in [-0.1, -0.05) is 0 Å². The molecule has 24 heavy (non-hydrogen) atoms. The molecular weight excluding hydrogens is 320 g/mol. The van der Waals surface area contributed by atoms with Crippen molar-refractivity contribution in [2.45, 2.75) is 31.7 Å². The minimum absolute atomic E-state index is 0.102.